The number of aryl methyl sites for hydroxylation is 2. The number of amides is 2. The molecule has 0 bridgehead atoms. The predicted molar refractivity (Wildman–Crippen MR) is 104 cm³/mol. The van der Waals surface area contributed by atoms with Crippen molar-refractivity contribution >= 4 is 11.8 Å². The molecule has 2 aliphatic rings. The minimum Gasteiger partial charge on any atom is -0.355 e. The molecule has 0 unspecified atom stereocenters. The number of aromatic nitrogens is 2. The van der Waals surface area contributed by atoms with Gasteiger partial charge in [0.1, 0.15) is 0 Å². The highest BCUT2D eigenvalue weighted by Crippen LogP contribution is 2.29. The molecule has 3 rings (SSSR count). The van der Waals surface area contributed by atoms with Crippen LogP contribution in [0.1, 0.15) is 57.4 Å². The Bertz CT molecular complexity index is 638. The van der Waals surface area contributed by atoms with Gasteiger partial charge in [-0.1, -0.05) is 19.3 Å². The summed E-state index contributed by atoms with van der Waals surface area (Å²) >= 11 is 0. The van der Waals surface area contributed by atoms with E-state index in [1.807, 2.05) is 20.2 Å². The van der Waals surface area contributed by atoms with Crippen LogP contribution in [0.15, 0.2) is 12.4 Å². The summed E-state index contributed by atoms with van der Waals surface area (Å²) in [4.78, 5) is 27.3. The molecule has 0 spiro atoms. The number of likely N-dealkylation sites (N-methyl/N-ethyl adjacent to an activating group) is 1. The average molecular weight is 376 g/mol. The molecule has 0 aromatic carbocycles. The van der Waals surface area contributed by atoms with Crippen molar-refractivity contribution in [2.75, 3.05) is 13.1 Å². The van der Waals surface area contributed by atoms with E-state index in [1.165, 1.54) is 19.3 Å². The van der Waals surface area contributed by atoms with Gasteiger partial charge < -0.3 is 10.6 Å². The number of nitrogens with one attached hydrogen (secondary N) is 2. The average Bonchev–Trinajstić information content (AvgIpc) is 3.27. The van der Waals surface area contributed by atoms with Gasteiger partial charge in [-0.05, 0) is 38.2 Å². The lowest BCUT2D eigenvalue weighted by Crippen LogP contribution is -2.48. The smallest absolute Gasteiger partial charge is 0.237 e. The van der Waals surface area contributed by atoms with Gasteiger partial charge in [-0.15, -0.1) is 0 Å². The van der Waals surface area contributed by atoms with Crippen molar-refractivity contribution in [3.8, 4) is 0 Å². The summed E-state index contributed by atoms with van der Waals surface area (Å²) in [5.74, 6) is 0.166. The first-order chi connectivity index (χ1) is 13.1. The highest BCUT2D eigenvalue weighted by molar-refractivity contribution is 5.82. The van der Waals surface area contributed by atoms with Crippen molar-refractivity contribution in [3.05, 3.63) is 18.0 Å². The van der Waals surface area contributed by atoms with E-state index in [2.05, 4.69) is 20.6 Å². The van der Waals surface area contributed by atoms with E-state index in [9.17, 15) is 9.59 Å². The van der Waals surface area contributed by atoms with Crippen LogP contribution in [0, 0.1) is 0 Å². The van der Waals surface area contributed by atoms with Crippen LogP contribution in [0.4, 0.5) is 0 Å². The Hall–Kier alpha value is -1.89. The fourth-order valence-corrected chi connectivity index (χ4v) is 4.49. The van der Waals surface area contributed by atoms with Crippen molar-refractivity contribution in [3.63, 3.8) is 0 Å². The van der Waals surface area contributed by atoms with Crippen molar-refractivity contribution in [2.45, 2.75) is 76.4 Å². The Morgan fingerprint density at radius 1 is 1.26 bits per heavy atom. The Morgan fingerprint density at radius 3 is 2.70 bits per heavy atom. The molecule has 1 aromatic heterocycles. The second kappa shape index (κ2) is 9.35. The van der Waals surface area contributed by atoms with E-state index in [0.29, 0.717) is 31.8 Å². The lowest BCUT2D eigenvalue weighted by molar-refractivity contribution is -0.126. The van der Waals surface area contributed by atoms with E-state index in [-0.39, 0.29) is 23.9 Å². The first-order valence-electron chi connectivity index (χ1n) is 10.4. The summed E-state index contributed by atoms with van der Waals surface area (Å²) in [5.41, 5.74) is 1.07. The SMILES string of the molecule is CCNC(=O)[C@@H]1C[C@H](NC(=O)CCc2cnn(C)c2)CN1C1CCCCC1. The van der Waals surface area contributed by atoms with Crippen LogP contribution in [0.5, 0.6) is 0 Å². The summed E-state index contributed by atoms with van der Waals surface area (Å²) in [6.07, 6.45) is 11.7. The minimum atomic E-state index is -0.114. The Balaban J connectivity index is 1.55. The standard InChI is InChI=1S/C20H33N5O2/c1-3-21-20(27)18-11-16(14-25(18)17-7-5-4-6-8-17)23-19(26)10-9-15-12-22-24(2)13-15/h12-13,16-18H,3-11,14H2,1-2H3,(H,21,27)(H,23,26)/t16-,18-/m0/s1. The van der Waals surface area contributed by atoms with Crippen LogP contribution in [0.3, 0.4) is 0 Å². The van der Waals surface area contributed by atoms with Gasteiger partial charge in [-0.25, -0.2) is 0 Å². The molecule has 150 valence electrons. The van der Waals surface area contributed by atoms with Crippen LogP contribution in [-0.2, 0) is 23.1 Å². The first kappa shape index (κ1) is 19.9. The molecule has 7 heteroatoms. The third-order valence-corrected chi connectivity index (χ3v) is 5.80. The molecule has 2 heterocycles. The first-order valence-corrected chi connectivity index (χ1v) is 10.4. The minimum absolute atomic E-state index is 0.0564. The number of likely N-dealkylation sites (tertiary alicyclic amines) is 1. The van der Waals surface area contributed by atoms with Crippen LogP contribution in [-0.4, -0.2) is 57.7 Å². The Morgan fingerprint density at radius 2 is 2.04 bits per heavy atom. The van der Waals surface area contributed by atoms with E-state index in [4.69, 9.17) is 0 Å². The van der Waals surface area contributed by atoms with E-state index in [0.717, 1.165) is 24.9 Å². The summed E-state index contributed by atoms with van der Waals surface area (Å²) in [5, 5.41) is 10.3. The Labute approximate surface area is 161 Å². The molecule has 1 aromatic rings. The Kier molecular flexibility index (Phi) is 6.88. The van der Waals surface area contributed by atoms with E-state index < -0.39 is 0 Å². The second-order valence-electron chi connectivity index (χ2n) is 7.92. The molecule has 2 atom stereocenters. The van der Waals surface area contributed by atoms with Gasteiger partial charge in [0.2, 0.25) is 11.8 Å². The van der Waals surface area contributed by atoms with E-state index >= 15 is 0 Å². The lowest BCUT2D eigenvalue weighted by Gasteiger charge is -2.34. The second-order valence-corrected chi connectivity index (χ2v) is 7.92. The number of hydrogen-bond donors (Lipinski definition) is 2. The van der Waals surface area contributed by atoms with Crippen molar-refractivity contribution in [2.24, 2.45) is 7.05 Å². The summed E-state index contributed by atoms with van der Waals surface area (Å²) in [6.45, 7) is 3.39. The lowest BCUT2D eigenvalue weighted by atomic mass is 9.93. The number of rotatable bonds is 7. The maximum atomic E-state index is 12.6. The molecule has 1 saturated heterocycles. The van der Waals surface area contributed by atoms with Crippen LogP contribution >= 0.6 is 0 Å². The normalized spacial score (nSPS) is 24.1. The third-order valence-electron chi connectivity index (χ3n) is 5.80. The topological polar surface area (TPSA) is 79.3 Å². The van der Waals surface area contributed by atoms with Gasteiger partial charge in [0, 0.05) is 44.8 Å². The summed E-state index contributed by atoms with van der Waals surface area (Å²) < 4.78 is 1.75. The van der Waals surface area contributed by atoms with Crippen LogP contribution in [0.2, 0.25) is 0 Å². The van der Waals surface area contributed by atoms with Crippen molar-refractivity contribution in [1.82, 2.24) is 25.3 Å². The van der Waals surface area contributed by atoms with Crippen molar-refractivity contribution in [1.29, 1.82) is 0 Å². The van der Waals surface area contributed by atoms with Crippen LogP contribution < -0.4 is 10.6 Å². The van der Waals surface area contributed by atoms with Gasteiger partial charge in [0.25, 0.3) is 0 Å². The zero-order valence-corrected chi connectivity index (χ0v) is 16.6. The fourth-order valence-electron chi connectivity index (χ4n) is 4.49. The van der Waals surface area contributed by atoms with Gasteiger partial charge in [-0.3, -0.25) is 19.2 Å². The van der Waals surface area contributed by atoms with Crippen molar-refractivity contribution < 1.29 is 9.59 Å². The molecule has 7 nitrogen and oxygen atoms in total. The predicted octanol–water partition coefficient (Wildman–Crippen LogP) is 1.38. The molecular weight excluding hydrogens is 342 g/mol. The number of nitrogens with zero attached hydrogens (tertiary/aromatic N) is 3. The molecule has 27 heavy (non-hydrogen) atoms. The van der Waals surface area contributed by atoms with E-state index in [1.54, 1.807) is 10.9 Å². The summed E-state index contributed by atoms with van der Waals surface area (Å²) in [6, 6.07) is 0.418. The zero-order chi connectivity index (χ0) is 19.2. The quantitative estimate of drug-likeness (QED) is 0.755. The van der Waals surface area contributed by atoms with Crippen LogP contribution in [0.25, 0.3) is 0 Å². The monoisotopic (exact) mass is 375 g/mol. The maximum absolute atomic E-state index is 12.6. The van der Waals surface area contributed by atoms with Gasteiger partial charge in [0.15, 0.2) is 0 Å². The molecule has 1 aliphatic carbocycles. The van der Waals surface area contributed by atoms with Gasteiger partial charge in [0.05, 0.1) is 12.2 Å². The third kappa shape index (κ3) is 5.31. The number of carbonyl (C=O) groups is 2. The molecule has 2 fully saturated rings. The zero-order valence-electron chi connectivity index (χ0n) is 16.6. The molecule has 2 amide bonds. The molecule has 1 aliphatic heterocycles. The number of carbonyl (C=O) groups excluding carboxylic acids is 2. The van der Waals surface area contributed by atoms with Gasteiger partial charge in [-0.2, -0.15) is 5.10 Å². The molecular formula is C20H33N5O2. The number of hydrogen-bond acceptors (Lipinski definition) is 4. The molecule has 1 saturated carbocycles. The fraction of sp³-hybridized carbons (Fsp3) is 0.750. The molecule has 2 N–H and O–H groups in total. The largest absolute Gasteiger partial charge is 0.355 e. The maximum Gasteiger partial charge on any atom is 0.237 e. The molecule has 0 radical (unpaired) electrons. The highest BCUT2D eigenvalue weighted by atomic mass is 16.2. The summed E-state index contributed by atoms with van der Waals surface area (Å²) in [7, 11) is 1.88. The highest BCUT2D eigenvalue weighted by Gasteiger charge is 2.40. The van der Waals surface area contributed by atoms with Gasteiger partial charge >= 0.3 is 0 Å².